The lowest BCUT2D eigenvalue weighted by atomic mass is 10.0. The van der Waals surface area contributed by atoms with E-state index < -0.39 is 5.60 Å². The summed E-state index contributed by atoms with van der Waals surface area (Å²) in [6, 6.07) is 24.4. The fraction of sp³-hybridized carbons (Fsp3) is 0.310. The highest BCUT2D eigenvalue weighted by molar-refractivity contribution is 5.84. The molecule has 35 heavy (non-hydrogen) atoms. The number of nitrogens with zero attached hydrogens (tertiary/aromatic N) is 2. The van der Waals surface area contributed by atoms with Gasteiger partial charge in [0.2, 0.25) is 0 Å². The molecule has 1 aromatic heterocycles. The van der Waals surface area contributed by atoms with Gasteiger partial charge >= 0.3 is 0 Å². The number of hydrogen-bond donors (Lipinski definition) is 0. The van der Waals surface area contributed by atoms with Gasteiger partial charge in [0.1, 0.15) is 17.0 Å². The van der Waals surface area contributed by atoms with Crippen LogP contribution in [0.3, 0.4) is 0 Å². The summed E-state index contributed by atoms with van der Waals surface area (Å²) in [6.07, 6.45) is 1.76. The van der Waals surface area contributed by atoms with Crippen LogP contribution < -0.4 is 14.4 Å². The number of ether oxygens (including phenoxy) is 2. The molecule has 0 aliphatic heterocycles. The van der Waals surface area contributed by atoms with Gasteiger partial charge in [0, 0.05) is 13.1 Å². The van der Waals surface area contributed by atoms with E-state index in [2.05, 4.69) is 23.1 Å². The maximum atomic E-state index is 11.8. The van der Waals surface area contributed by atoms with Gasteiger partial charge in [-0.2, -0.15) is 4.98 Å². The molecule has 0 N–H and O–H groups in total. The molecule has 6 heteroatoms. The van der Waals surface area contributed by atoms with E-state index in [4.69, 9.17) is 18.9 Å². The van der Waals surface area contributed by atoms with Crippen LogP contribution in [0.15, 0.2) is 77.2 Å². The predicted octanol–water partition coefficient (Wildman–Crippen LogP) is 6.22. The van der Waals surface area contributed by atoms with Gasteiger partial charge in [0.25, 0.3) is 6.01 Å². The summed E-state index contributed by atoms with van der Waals surface area (Å²) in [5.41, 5.74) is 3.08. The van der Waals surface area contributed by atoms with Gasteiger partial charge in [-0.25, -0.2) is 0 Å². The number of benzene rings is 3. The Labute approximate surface area is 206 Å². The Bertz CT molecular complexity index is 1240. The smallest absolute Gasteiger partial charge is 0.298 e. The van der Waals surface area contributed by atoms with Crippen LogP contribution in [0.4, 0.5) is 6.01 Å². The average molecular weight is 473 g/mol. The minimum absolute atomic E-state index is 0.00425. The highest BCUT2D eigenvalue weighted by Crippen LogP contribution is 2.25. The molecule has 6 nitrogen and oxygen atoms in total. The van der Waals surface area contributed by atoms with Crippen molar-refractivity contribution in [3.8, 4) is 11.5 Å². The summed E-state index contributed by atoms with van der Waals surface area (Å²) in [7, 11) is 1.67. The van der Waals surface area contributed by atoms with Crippen molar-refractivity contribution < 1.29 is 18.7 Å². The van der Waals surface area contributed by atoms with E-state index in [1.165, 1.54) is 0 Å². The molecule has 0 spiro atoms. The van der Waals surface area contributed by atoms with Crippen LogP contribution in [0, 0.1) is 0 Å². The molecule has 0 saturated carbocycles. The van der Waals surface area contributed by atoms with Crippen molar-refractivity contribution in [2.75, 3.05) is 18.6 Å². The van der Waals surface area contributed by atoms with Gasteiger partial charge in [-0.3, -0.25) is 4.79 Å². The lowest BCUT2D eigenvalue weighted by Crippen LogP contribution is -2.36. The number of aromatic nitrogens is 1. The SMILES string of the molecule is COc1ccc(CN(CCCc2cccc(OC(C)(C)C(C)=O)c2)c2nc3ccccc3o2)cc1. The number of oxazole rings is 1. The second-order valence-electron chi connectivity index (χ2n) is 9.15. The number of rotatable bonds is 11. The zero-order chi connectivity index (χ0) is 24.8. The van der Waals surface area contributed by atoms with Crippen LogP contribution >= 0.6 is 0 Å². The normalized spacial score (nSPS) is 11.4. The zero-order valence-electron chi connectivity index (χ0n) is 20.8. The van der Waals surface area contributed by atoms with E-state index in [0.717, 1.165) is 47.4 Å². The number of carbonyl (C=O) groups is 1. The van der Waals surface area contributed by atoms with Gasteiger partial charge in [0.15, 0.2) is 17.0 Å². The second-order valence-corrected chi connectivity index (χ2v) is 9.15. The number of anilines is 1. The molecule has 0 bridgehead atoms. The van der Waals surface area contributed by atoms with Crippen molar-refractivity contribution in [1.29, 1.82) is 0 Å². The fourth-order valence-corrected chi connectivity index (χ4v) is 3.79. The van der Waals surface area contributed by atoms with Crippen LogP contribution in [-0.2, 0) is 17.8 Å². The van der Waals surface area contributed by atoms with E-state index in [9.17, 15) is 4.79 Å². The molecule has 0 radical (unpaired) electrons. The Balaban J connectivity index is 1.47. The molecule has 1 heterocycles. The number of para-hydroxylation sites is 2. The third-order valence-electron chi connectivity index (χ3n) is 6.10. The highest BCUT2D eigenvalue weighted by atomic mass is 16.5. The summed E-state index contributed by atoms with van der Waals surface area (Å²) < 4.78 is 17.3. The maximum absolute atomic E-state index is 11.8. The molecule has 0 unspecified atom stereocenters. The van der Waals surface area contributed by atoms with Crippen LogP contribution in [0.25, 0.3) is 11.1 Å². The number of hydrogen-bond acceptors (Lipinski definition) is 6. The topological polar surface area (TPSA) is 64.8 Å². The van der Waals surface area contributed by atoms with Crippen LogP contribution in [0.5, 0.6) is 11.5 Å². The van der Waals surface area contributed by atoms with E-state index >= 15 is 0 Å². The molecule has 0 fully saturated rings. The third kappa shape index (κ3) is 6.21. The van der Waals surface area contributed by atoms with Gasteiger partial charge in [-0.05, 0) is 81.1 Å². The molecule has 0 atom stereocenters. The van der Waals surface area contributed by atoms with Crippen LogP contribution in [-0.4, -0.2) is 30.0 Å². The largest absolute Gasteiger partial charge is 0.497 e. The number of methoxy groups -OCH3 is 1. The molecule has 182 valence electrons. The molecule has 0 aliphatic carbocycles. The lowest BCUT2D eigenvalue weighted by Gasteiger charge is -2.24. The molecular weight excluding hydrogens is 440 g/mol. The summed E-state index contributed by atoms with van der Waals surface area (Å²) in [5, 5.41) is 0. The Hall–Kier alpha value is -3.80. The lowest BCUT2D eigenvalue weighted by molar-refractivity contribution is -0.129. The summed E-state index contributed by atoms with van der Waals surface area (Å²) >= 11 is 0. The molecule has 0 amide bonds. The minimum Gasteiger partial charge on any atom is -0.497 e. The summed E-state index contributed by atoms with van der Waals surface area (Å²) in [5.74, 6) is 1.53. The molecule has 0 saturated heterocycles. The first-order valence-electron chi connectivity index (χ1n) is 11.9. The van der Waals surface area contributed by atoms with Gasteiger partial charge < -0.3 is 18.8 Å². The average Bonchev–Trinajstić information content (AvgIpc) is 3.28. The first kappa shape index (κ1) is 24.3. The Kier molecular flexibility index (Phi) is 7.39. The van der Waals surface area contributed by atoms with Crippen molar-refractivity contribution in [2.45, 2.75) is 45.8 Å². The molecule has 0 aliphatic rings. The van der Waals surface area contributed by atoms with Crippen LogP contribution in [0.2, 0.25) is 0 Å². The number of Topliss-reactive ketones (excluding diaryl/α,β-unsaturated/α-hetero) is 1. The van der Waals surface area contributed by atoms with Crippen molar-refractivity contribution in [3.05, 3.63) is 83.9 Å². The van der Waals surface area contributed by atoms with E-state index in [-0.39, 0.29) is 5.78 Å². The number of ketones is 1. The van der Waals surface area contributed by atoms with Gasteiger partial charge in [0.05, 0.1) is 7.11 Å². The van der Waals surface area contributed by atoms with Crippen molar-refractivity contribution >= 4 is 22.9 Å². The van der Waals surface area contributed by atoms with Gasteiger partial charge in [-0.15, -0.1) is 0 Å². The Morgan fingerprint density at radius 3 is 2.46 bits per heavy atom. The summed E-state index contributed by atoms with van der Waals surface area (Å²) in [6.45, 7) is 6.57. The fourth-order valence-electron chi connectivity index (χ4n) is 3.79. The van der Waals surface area contributed by atoms with Gasteiger partial charge in [-0.1, -0.05) is 36.4 Å². The number of carbonyl (C=O) groups excluding carboxylic acids is 1. The second kappa shape index (κ2) is 10.6. The van der Waals surface area contributed by atoms with E-state index in [0.29, 0.717) is 18.3 Å². The molecule has 4 rings (SSSR count). The molecule has 4 aromatic rings. The molecule has 3 aromatic carbocycles. The monoisotopic (exact) mass is 472 g/mol. The summed E-state index contributed by atoms with van der Waals surface area (Å²) in [4.78, 5) is 18.7. The first-order valence-corrected chi connectivity index (χ1v) is 11.9. The quantitative estimate of drug-likeness (QED) is 0.258. The minimum atomic E-state index is -0.846. The van der Waals surface area contributed by atoms with Crippen LogP contribution in [0.1, 0.15) is 38.3 Å². The molecular formula is C29H32N2O4. The number of aryl methyl sites for hydroxylation is 1. The van der Waals surface area contributed by atoms with Crippen molar-refractivity contribution in [3.63, 3.8) is 0 Å². The Morgan fingerprint density at radius 1 is 0.971 bits per heavy atom. The standard InChI is InChI=1S/C29H32N2O4/c1-21(32)29(2,3)35-25-11-7-9-22(19-25)10-8-18-31(20-23-14-16-24(33-4)17-15-23)28-30-26-12-5-6-13-27(26)34-28/h5-7,9,11-17,19H,8,10,18,20H2,1-4H3. The zero-order valence-corrected chi connectivity index (χ0v) is 20.8. The highest BCUT2D eigenvalue weighted by Gasteiger charge is 2.25. The van der Waals surface area contributed by atoms with E-state index in [1.54, 1.807) is 27.9 Å². The first-order chi connectivity index (χ1) is 16.8. The van der Waals surface area contributed by atoms with Crippen molar-refractivity contribution in [1.82, 2.24) is 4.98 Å². The number of fused-ring (bicyclic) bond motifs is 1. The maximum Gasteiger partial charge on any atom is 0.298 e. The Morgan fingerprint density at radius 2 is 1.74 bits per heavy atom. The van der Waals surface area contributed by atoms with Crippen molar-refractivity contribution in [2.24, 2.45) is 0 Å². The third-order valence-corrected chi connectivity index (χ3v) is 6.10. The predicted molar refractivity (Wildman–Crippen MR) is 138 cm³/mol. The van der Waals surface area contributed by atoms with E-state index in [1.807, 2.05) is 54.6 Å².